The Kier molecular flexibility index (Phi) is 7.83. The monoisotopic (exact) mass is 308 g/mol. The molecule has 0 radical (unpaired) electrons. The number of carbonyl (C=O) groups is 1. The van der Waals surface area contributed by atoms with Gasteiger partial charge >= 0.3 is 0 Å². The summed E-state index contributed by atoms with van der Waals surface area (Å²) in [6.07, 6.45) is 1.13. The molecule has 21 heavy (non-hydrogen) atoms. The molecule has 0 aliphatic rings. The van der Waals surface area contributed by atoms with E-state index >= 15 is 0 Å². The van der Waals surface area contributed by atoms with Crippen LogP contribution in [0.4, 0.5) is 0 Å². The molecular formula is C17H28N2OS. The van der Waals surface area contributed by atoms with Gasteiger partial charge in [-0.05, 0) is 51.4 Å². The molecule has 1 rings (SSSR count). The highest BCUT2D eigenvalue weighted by atomic mass is 32.2. The molecule has 0 saturated carbocycles. The van der Waals surface area contributed by atoms with Gasteiger partial charge in [0.15, 0.2) is 0 Å². The summed E-state index contributed by atoms with van der Waals surface area (Å²) in [6.45, 7) is 9.44. The summed E-state index contributed by atoms with van der Waals surface area (Å²) in [7, 11) is 1.86. The third-order valence-corrected chi connectivity index (χ3v) is 4.57. The minimum absolute atomic E-state index is 0.178. The molecule has 0 aliphatic heterocycles. The maximum atomic E-state index is 12.0. The zero-order valence-electron chi connectivity index (χ0n) is 13.8. The van der Waals surface area contributed by atoms with Crippen LogP contribution >= 0.6 is 11.8 Å². The SMILES string of the molecule is CCCNC(C)c1cccc(SCC(=O)N(C)C(C)C)c1. The maximum absolute atomic E-state index is 12.0. The quantitative estimate of drug-likeness (QED) is 0.743. The molecule has 1 N–H and O–H groups in total. The number of nitrogens with one attached hydrogen (secondary N) is 1. The van der Waals surface area contributed by atoms with Crippen LogP contribution in [0.2, 0.25) is 0 Å². The van der Waals surface area contributed by atoms with Crippen LogP contribution in [-0.4, -0.2) is 36.2 Å². The van der Waals surface area contributed by atoms with Crippen LogP contribution in [0.3, 0.4) is 0 Å². The van der Waals surface area contributed by atoms with E-state index in [0.717, 1.165) is 17.9 Å². The number of benzene rings is 1. The van der Waals surface area contributed by atoms with E-state index < -0.39 is 0 Å². The van der Waals surface area contributed by atoms with E-state index in [1.54, 1.807) is 16.7 Å². The van der Waals surface area contributed by atoms with Crippen molar-refractivity contribution in [2.75, 3.05) is 19.3 Å². The van der Waals surface area contributed by atoms with E-state index in [0.29, 0.717) is 11.8 Å². The number of amides is 1. The molecule has 1 aromatic carbocycles. The first kappa shape index (κ1) is 18.1. The van der Waals surface area contributed by atoms with Crippen LogP contribution in [0.1, 0.15) is 45.7 Å². The fourth-order valence-electron chi connectivity index (χ4n) is 1.89. The minimum Gasteiger partial charge on any atom is -0.343 e. The van der Waals surface area contributed by atoms with Gasteiger partial charge in [-0.25, -0.2) is 0 Å². The van der Waals surface area contributed by atoms with Gasteiger partial charge in [0, 0.05) is 24.0 Å². The van der Waals surface area contributed by atoms with Gasteiger partial charge < -0.3 is 10.2 Å². The summed E-state index contributed by atoms with van der Waals surface area (Å²) in [6, 6.07) is 9.06. The van der Waals surface area contributed by atoms with E-state index in [9.17, 15) is 4.79 Å². The average Bonchev–Trinajstić information content (AvgIpc) is 2.49. The van der Waals surface area contributed by atoms with Gasteiger partial charge in [0.25, 0.3) is 0 Å². The van der Waals surface area contributed by atoms with Crippen LogP contribution in [0, 0.1) is 0 Å². The molecule has 4 heteroatoms. The molecule has 0 bridgehead atoms. The lowest BCUT2D eigenvalue weighted by Crippen LogP contribution is -2.34. The second-order valence-electron chi connectivity index (χ2n) is 5.64. The zero-order chi connectivity index (χ0) is 15.8. The van der Waals surface area contributed by atoms with E-state index in [1.807, 2.05) is 20.9 Å². The molecule has 1 atom stereocenters. The van der Waals surface area contributed by atoms with Crippen molar-refractivity contribution in [1.82, 2.24) is 10.2 Å². The van der Waals surface area contributed by atoms with Crippen molar-refractivity contribution < 1.29 is 4.79 Å². The highest BCUT2D eigenvalue weighted by Gasteiger charge is 2.12. The summed E-state index contributed by atoms with van der Waals surface area (Å²) >= 11 is 1.61. The van der Waals surface area contributed by atoms with E-state index in [-0.39, 0.29) is 11.9 Å². The molecule has 0 heterocycles. The summed E-state index contributed by atoms with van der Waals surface area (Å²) in [4.78, 5) is 15.0. The second kappa shape index (κ2) is 9.11. The molecule has 0 aliphatic carbocycles. The van der Waals surface area contributed by atoms with Gasteiger partial charge in [0.05, 0.1) is 5.75 Å². The third kappa shape index (κ3) is 6.10. The van der Waals surface area contributed by atoms with Crippen molar-refractivity contribution in [3.8, 4) is 0 Å². The van der Waals surface area contributed by atoms with Gasteiger partial charge in [-0.2, -0.15) is 0 Å². The second-order valence-corrected chi connectivity index (χ2v) is 6.68. The molecular weight excluding hydrogens is 280 g/mol. The van der Waals surface area contributed by atoms with Crippen molar-refractivity contribution in [2.45, 2.75) is 51.1 Å². The van der Waals surface area contributed by atoms with Gasteiger partial charge in [0.1, 0.15) is 0 Å². The molecule has 1 unspecified atom stereocenters. The molecule has 0 fully saturated rings. The van der Waals surface area contributed by atoms with Crippen molar-refractivity contribution in [1.29, 1.82) is 0 Å². The number of rotatable bonds is 8. The Hall–Kier alpha value is -1.00. The van der Waals surface area contributed by atoms with Gasteiger partial charge in [-0.15, -0.1) is 11.8 Å². The molecule has 0 spiro atoms. The largest absolute Gasteiger partial charge is 0.343 e. The number of hydrogen-bond donors (Lipinski definition) is 1. The van der Waals surface area contributed by atoms with Crippen LogP contribution in [-0.2, 0) is 4.79 Å². The fourth-order valence-corrected chi connectivity index (χ4v) is 2.78. The summed E-state index contributed by atoms with van der Waals surface area (Å²) in [5.74, 6) is 0.673. The Labute approximate surface area is 133 Å². The Morgan fingerprint density at radius 1 is 1.33 bits per heavy atom. The summed E-state index contributed by atoms with van der Waals surface area (Å²) in [5, 5.41) is 3.49. The first-order valence-corrected chi connectivity index (χ1v) is 8.66. The number of nitrogens with zero attached hydrogens (tertiary/aromatic N) is 1. The minimum atomic E-state index is 0.178. The van der Waals surface area contributed by atoms with Gasteiger partial charge in [0.2, 0.25) is 5.91 Å². The lowest BCUT2D eigenvalue weighted by molar-refractivity contribution is -0.128. The predicted molar refractivity (Wildman–Crippen MR) is 91.8 cm³/mol. The average molecular weight is 308 g/mol. The van der Waals surface area contributed by atoms with Crippen molar-refractivity contribution in [3.63, 3.8) is 0 Å². The molecule has 3 nitrogen and oxygen atoms in total. The van der Waals surface area contributed by atoms with Crippen molar-refractivity contribution in [2.24, 2.45) is 0 Å². The highest BCUT2D eigenvalue weighted by molar-refractivity contribution is 8.00. The highest BCUT2D eigenvalue weighted by Crippen LogP contribution is 2.22. The molecule has 0 saturated heterocycles. The predicted octanol–water partition coefficient (Wildman–Crippen LogP) is 3.71. The molecule has 1 aromatic rings. The van der Waals surface area contributed by atoms with Crippen molar-refractivity contribution >= 4 is 17.7 Å². The lowest BCUT2D eigenvalue weighted by atomic mass is 10.1. The smallest absolute Gasteiger partial charge is 0.232 e. The summed E-state index contributed by atoms with van der Waals surface area (Å²) in [5.41, 5.74) is 1.28. The normalized spacial score (nSPS) is 12.5. The Balaban J connectivity index is 2.58. The van der Waals surface area contributed by atoms with Gasteiger partial charge in [-0.1, -0.05) is 19.1 Å². The molecule has 0 aromatic heterocycles. The van der Waals surface area contributed by atoms with Crippen LogP contribution in [0.5, 0.6) is 0 Å². The summed E-state index contributed by atoms with van der Waals surface area (Å²) < 4.78 is 0. The van der Waals surface area contributed by atoms with E-state index in [2.05, 4.69) is 43.4 Å². The Morgan fingerprint density at radius 2 is 2.05 bits per heavy atom. The van der Waals surface area contributed by atoms with Gasteiger partial charge in [-0.3, -0.25) is 4.79 Å². The fraction of sp³-hybridized carbons (Fsp3) is 0.588. The topological polar surface area (TPSA) is 32.3 Å². The number of hydrogen-bond acceptors (Lipinski definition) is 3. The van der Waals surface area contributed by atoms with Crippen LogP contribution in [0.15, 0.2) is 29.2 Å². The standard InChI is InChI=1S/C17H28N2OS/c1-6-10-18-14(4)15-8-7-9-16(11-15)21-12-17(20)19(5)13(2)3/h7-9,11,13-14,18H,6,10,12H2,1-5H3. The third-order valence-electron chi connectivity index (χ3n) is 3.59. The number of thioether (sulfide) groups is 1. The Bertz CT molecular complexity index is 448. The van der Waals surface area contributed by atoms with Crippen molar-refractivity contribution in [3.05, 3.63) is 29.8 Å². The van der Waals surface area contributed by atoms with E-state index in [1.165, 1.54) is 5.56 Å². The van der Waals surface area contributed by atoms with Crippen LogP contribution in [0.25, 0.3) is 0 Å². The maximum Gasteiger partial charge on any atom is 0.232 e. The van der Waals surface area contributed by atoms with Crippen LogP contribution < -0.4 is 5.32 Å². The Morgan fingerprint density at radius 3 is 2.67 bits per heavy atom. The zero-order valence-corrected chi connectivity index (χ0v) is 14.7. The molecule has 1 amide bonds. The first-order chi connectivity index (χ1) is 9.95. The first-order valence-electron chi connectivity index (χ1n) is 7.67. The number of carbonyl (C=O) groups excluding carboxylic acids is 1. The molecule has 118 valence electrons. The lowest BCUT2D eigenvalue weighted by Gasteiger charge is -2.21. The van der Waals surface area contributed by atoms with E-state index in [4.69, 9.17) is 0 Å².